The number of hydrogen-bond acceptors (Lipinski definition) is 3. The molecule has 6 heteroatoms. The lowest BCUT2D eigenvalue weighted by molar-refractivity contribution is -0.135. The highest BCUT2D eigenvalue weighted by molar-refractivity contribution is 9.10. The van der Waals surface area contributed by atoms with E-state index in [2.05, 4.69) is 21.2 Å². The monoisotopic (exact) mass is 432 g/mol. The van der Waals surface area contributed by atoms with E-state index in [-0.39, 0.29) is 12.5 Å². The maximum Gasteiger partial charge on any atom is 0.408 e. The molecular weight excluding hydrogens is 408 g/mol. The van der Waals surface area contributed by atoms with Crippen LogP contribution >= 0.6 is 15.9 Å². The summed E-state index contributed by atoms with van der Waals surface area (Å²) in [6, 6.07) is 17.5. The summed E-state index contributed by atoms with van der Waals surface area (Å²) < 4.78 is 6.05. The number of nitrogens with zero attached hydrogens (tertiary/aromatic N) is 1. The fourth-order valence-corrected chi connectivity index (χ4v) is 2.84. The van der Waals surface area contributed by atoms with Gasteiger partial charge in [0.15, 0.2) is 6.61 Å². The van der Waals surface area contributed by atoms with E-state index in [0.717, 1.165) is 15.6 Å². The molecule has 0 spiro atoms. The smallest absolute Gasteiger partial charge is 0.408 e. The second-order valence-corrected chi connectivity index (χ2v) is 8.13. The number of benzene rings is 2. The topological polar surface area (TPSA) is 58.6 Å². The van der Waals surface area contributed by atoms with Gasteiger partial charge in [0.05, 0.1) is 0 Å². The highest BCUT2D eigenvalue weighted by atomic mass is 79.9. The molecule has 2 amide bonds. The third-order valence-electron chi connectivity index (χ3n) is 3.69. The molecule has 0 saturated heterocycles. The molecule has 5 nitrogen and oxygen atoms in total. The Morgan fingerprint density at radius 2 is 1.63 bits per heavy atom. The number of alkyl carbamates (subject to hydrolysis) is 1. The average molecular weight is 433 g/mol. The summed E-state index contributed by atoms with van der Waals surface area (Å²) in [4.78, 5) is 26.3. The summed E-state index contributed by atoms with van der Waals surface area (Å²) in [7, 11) is 0. The lowest BCUT2D eigenvalue weighted by atomic mass is 10.1. The Kier molecular flexibility index (Phi) is 7.42. The average Bonchev–Trinajstić information content (AvgIpc) is 2.60. The second kappa shape index (κ2) is 9.55. The van der Waals surface area contributed by atoms with E-state index >= 15 is 0 Å². The van der Waals surface area contributed by atoms with Gasteiger partial charge in [-0.25, -0.2) is 4.79 Å². The van der Waals surface area contributed by atoms with Crippen molar-refractivity contribution in [2.24, 2.45) is 0 Å². The van der Waals surface area contributed by atoms with E-state index in [1.807, 2.05) is 75.4 Å². The molecule has 0 aliphatic rings. The predicted molar refractivity (Wildman–Crippen MR) is 109 cm³/mol. The largest absolute Gasteiger partial charge is 0.439 e. The van der Waals surface area contributed by atoms with Gasteiger partial charge in [-0.05, 0) is 38.0 Å². The van der Waals surface area contributed by atoms with Gasteiger partial charge in [0.1, 0.15) is 0 Å². The Morgan fingerprint density at radius 1 is 1.00 bits per heavy atom. The Labute approximate surface area is 168 Å². The van der Waals surface area contributed by atoms with Crippen LogP contribution in [0.1, 0.15) is 31.9 Å². The highest BCUT2D eigenvalue weighted by Crippen LogP contribution is 2.19. The fourth-order valence-electron chi connectivity index (χ4n) is 2.43. The molecule has 2 aromatic rings. The molecule has 0 radical (unpaired) electrons. The van der Waals surface area contributed by atoms with Crippen LogP contribution in [0, 0.1) is 0 Å². The van der Waals surface area contributed by atoms with Crippen LogP contribution in [0.4, 0.5) is 4.79 Å². The fraction of sp³-hybridized carbons (Fsp3) is 0.333. The van der Waals surface area contributed by atoms with Gasteiger partial charge in [-0.3, -0.25) is 4.79 Å². The van der Waals surface area contributed by atoms with Crippen LogP contribution in [0.2, 0.25) is 0 Å². The highest BCUT2D eigenvalue weighted by Gasteiger charge is 2.20. The standard InChI is InChI=1S/C21H25BrN2O3/c1-21(2,3)23-20(26)27-15-19(25)24(13-16-9-5-4-6-10-16)14-17-11-7-8-12-18(17)22/h4-12H,13-15H2,1-3H3,(H,23,26). The molecule has 144 valence electrons. The number of hydrogen-bond donors (Lipinski definition) is 1. The SMILES string of the molecule is CC(C)(C)NC(=O)OCC(=O)N(Cc1ccccc1)Cc1ccccc1Br. The Morgan fingerprint density at radius 3 is 2.26 bits per heavy atom. The van der Waals surface area contributed by atoms with Crippen molar-refractivity contribution in [1.29, 1.82) is 0 Å². The zero-order chi connectivity index (χ0) is 19.9. The molecule has 0 bridgehead atoms. The number of rotatable bonds is 6. The Hall–Kier alpha value is -2.34. The van der Waals surface area contributed by atoms with Crippen LogP contribution in [0.3, 0.4) is 0 Å². The van der Waals surface area contributed by atoms with Crippen molar-refractivity contribution < 1.29 is 14.3 Å². The summed E-state index contributed by atoms with van der Waals surface area (Å²) in [6.45, 7) is 6.10. The van der Waals surface area contributed by atoms with Crippen LogP contribution in [0.25, 0.3) is 0 Å². The normalized spacial score (nSPS) is 11.0. The van der Waals surface area contributed by atoms with Crippen LogP contribution in [0.15, 0.2) is 59.1 Å². The van der Waals surface area contributed by atoms with Gasteiger partial charge in [-0.15, -0.1) is 0 Å². The van der Waals surface area contributed by atoms with Crippen molar-refractivity contribution in [3.8, 4) is 0 Å². The summed E-state index contributed by atoms with van der Waals surface area (Å²) >= 11 is 3.52. The van der Waals surface area contributed by atoms with Crippen molar-refractivity contribution in [1.82, 2.24) is 10.2 Å². The summed E-state index contributed by atoms with van der Waals surface area (Å²) in [5, 5.41) is 2.68. The van der Waals surface area contributed by atoms with E-state index in [1.165, 1.54) is 0 Å². The molecule has 2 aromatic carbocycles. The number of halogens is 1. The Balaban J connectivity index is 2.07. The van der Waals surface area contributed by atoms with E-state index in [4.69, 9.17) is 4.74 Å². The first kappa shape index (κ1) is 21.0. The quantitative estimate of drug-likeness (QED) is 0.730. The summed E-state index contributed by atoms with van der Waals surface area (Å²) in [5.74, 6) is -0.251. The third-order valence-corrected chi connectivity index (χ3v) is 4.47. The molecule has 0 aromatic heterocycles. The molecule has 0 unspecified atom stereocenters. The third kappa shape index (κ3) is 7.43. The first-order valence-electron chi connectivity index (χ1n) is 8.74. The molecule has 0 fully saturated rings. The van der Waals surface area contributed by atoms with E-state index in [1.54, 1.807) is 4.90 Å². The van der Waals surface area contributed by atoms with Crippen LogP contribution in [-0.4, -0.2) is 29.0 Å². The zero-order valence-corrected chi connectivity index (χ0v) is 17.5. The van der Waals surface area contributed by atoms with Gasteiger partial charge in [0, 0.05) is 23.1 Å². The van der Waals surface area contributed by atoms with Crippen molar-refractivity contribution in [3.63, 3.8) is 0 Å². The zero-order valence-electron chi connectivity index (χ0n) is 15.9. The van der Waals surface area contributed by atoms with Gasteiger partial charge >= 0.3 is 6.09 Å². The van der Waals surface area contributed by atoms with Gasteiger partial charge < -0.3 is 15.0 Å². The van der Waals surface area contributed by atoms with Crippen molar-refractivity contribution >= 4 is 27.9 Å². The molecule has 0 atom stereocenters. The van der Waals surface area contributed by atoms with Gasteiger partial charge in [0.25, 0.3) is 5.91 Å². The van der Waals surface area contributed by atoms with E-state index in [0.29, 0.717) is 13.1 Å². The Bertz CT molecular complexity index is 772. The minimum Gasteiger partial charge on any atom is -0.439 e. The molecule has 27 heavy (non-hydrogen) atoms. The number of carbonyl (C=O) groups is 2. The van der Waals surface area contributed by atoms with Crippen LogP contribution in [-0.2, 0) is 22.6 Å². The molecular formula is C21H25BrN2O3. The number of ether oxygens (including phenoxy) is 1. The summed E-state index contributed by atoms with van der Waals surface area (Å²) in [5.41, 5.74) is 1.58. The van der Waals surface area contributed by atoms with E-state index < -0.39 is 11.6 Å². The molecule has 0 saturated carbocycles. The van der Waals surface area contributed by atoms with Crippen molar-refractivity contribution in [2.75, 3.05) is 6.61 Å². The summed E-state index contributed by atoms with van der Waals surface area (Å²) in [6.07, 6.45) is -0.601. The first-order chi connectivity index (χ1) is 12.7. The van der Waals surface area contributed by atoms with Crippen molar-refractivity contribution in [3.05, 3.63) is 70.2 Å². The maximum absolute atomic E-state index is 12.7. The molecule has 0 aliphatic heterocycles. The molecule has 1 N–H and O–H groups in total. The molecule has 0 heterocycles. The van der Waals surface area contributed by atoms with Crippen LogP contribution in [0.5, 0.6) is 0 Å². The minimum atomic E-state index is -0.601. The number of amides is 2. The first-order valence-corrected chi connectivity index (χ1v) is 9.54. The lowest BCUT2D eigenvalue weighted by Crippen LogP contribution is -2.42. The number of nitrogens with one attached hydrogen (secondary N) is 1. The predicted octanol–water partition coefficient (Wildman–Crippen LogP) is 4.50. The van der Waals surface area contributed by atoms with E-state index in [9.17, 15) is 9.59 Å². The van der Waals surface area contributed by atoms with Gasteiger partial charge in [-0.2, -0.15) is 0 Å². The second-order valence-electron chi connectivity index (χ2n) is 7.28. The minimum absolute atomic E-state index is 0.251. The van der Waals surface area contributed by atoms with Gasteiger partial charge in [-0.1, -0.05) is 64.5 Å². The van der Waals surface area contributed by atoms with Crippen molar-refractivity contribution in [2.45, 2.75) is 39.4 Å². The molecule has 0 aliphatic carbocycles. The number of carbonyl (C=O) groups excluding carboxylic acids is 2. The molecule has 2 rings (SSSR count). The van der Waals surface area contributed by atoms with Gasteiger partial charge in [0.2, 0.25) is 0 Å². The van der Waals surface area contributed by atoms with Crippen LogP contribution < -0.4 is 5.32 Å². The maximum atomic E-state index is 12.7. The lowest BCUT2D eigenvalue weighted by Gasteiger charge is -2.24.